The van der Waals surface area contributed by atoms with Crippen molar-refractivity contribution in [1.29, 1.82) is 0 Å². The Kier molecular flexibility index (Phi) is 7.18. The first-order chi connectivity index (χ1) is 13.7. The van der Waals surface area contributed by atoms with Gasteiger partial charge in [0.25, 0.3) is 0 Å². The molecule has 0 radical (unpaired) electrons. The van der Waals surface area contributed by atoms with Gasteiger partial charge in [-0.15, -0.1) is 0 Å². The SMILES string of the molecule is CCOc1ccc([C@@H](CC(=O)O)NS(=O)(=O)c2ccc(C(=O)O)cc2)cc1OC. The summed E-state index contributed by atoms with van der Waals surface area (Å²) >= 11 is 0. The number of carboxylic acids is 2. The van der Waals surface area contributed by atoms with Crippen LogP contribution in [0.3, 0.4) is 0 Å². The second-order valence-electron chi connectivity index (χ2n) is 5.94. The molecule has 0 fully saturated rings. The lowest BCUT2D eigenvalue weighted by atomic mass is 10.0. The van der Waals surface area contributed by atoms with Gasteiger partial charge >= 0.3 is 11.9 Å². The number of sulfonamides is 1. The molecule has 0 saturated heterocycles. The molecule has 0 bridgehead atoms. The van der Waals surface area contributed by atoms with E-state index >= 15 is 0 Å². The molecule has 3 N–H and O–H groups in total. The summed E-state index contributed by atoms with van der Waals surface area (Å²) in [6.45, 7) is 2.19. The van der Waals surface area contributed by atoms with Crippen LogP contribution in [0.5, 0.6) is 11.5 Å². The van der Waals surface area contributed by atoms with E-state index in [1.165, 1.54) is 13.2 Å². The summed E-state index contributed by atoms with van der Waals surface area (Å²) in [7, 11) is -2.70. The van der Waals surface area contributed by atoms with Crippen LogP contribution in [0.2, 0.25) is 0 Å². The minimum absolute atomic E-state index is 0.0673. The van der Waals surface area contributed by atoms with E-state index in [0.29, 0.717) is 23.7 Å². The Morgan fingerprint density at radius 1 is 1.07 bits per heavy atom. The zero-order chi connectivity index (χ0) is 21.6. The molecular weight excluding hydrogens is 402 g/mol. The Morgan fingerprint density at radius 3 is 2.24 bits per heavy atom. The highest BCUT2D eigenvalue weighted by Gasteiger charge is 2.25. The van der Waals surface area contributed by atoms with E-state index in [0.717, 1.165) is 24.3 Å². The van der Waals surface area contributed by atoms with Crippen molar-refractivity contribution >= 4 is 22.0 Å². The monoisotopic (exact) mass is 423 g/mol. The first-order valence-electron chi connectivity index (χ1n) is 8.56. The fourth-order valence-corrected chi connectivity index (χ4v) is 3.83. The van der Waals surface area contributed by atoms with Crippen LogP contribution in [0.4, 0.5) is 0 Å². The lowest BCUT2D eigenvalue weighted by molar-refractivity contribution is -0.137. The van der Waals surface area contributed by atoms with Crippen molar-refractivity contribution in [1.82, 2.24) is 4.72 Å². The van der Waals surface area contributed by atoms with Crippen LogP contribution in [0.15, 0.2) is 47.4 Å². The molecule has 156 valence electrons. The number of benzene rings is 2. The summed E-state index contributed by atoms with van der Waals surface area (Å²) in [6.07, 6.45) is -0.510. The van der Waals surface area contributed by atoms with E-state index in [-0.39, 0.29) is 10.5 Å². The third kappa shape index (κ3) is 5.69. The number of hydrogen-bond acceptors (Lipinski definition) is 6. The summed E-state index contributed by atoms with van der Waals surface area (Å²) in [5.41, 5.74) is 0.306. The zero-order valence-electron chi connectivity index (χ0n) is 15.8. The number of ether oxygens (including phenoxy) is 2. The summed E-state index contributed by atoms with van der Waals surface area (Å²) in [5.74, 6) is -1.61. The van der Waals surface area contributed by atoms with Crippen molar-refractivity contribution in [3.8, 4) is 11.5 Å². The predicted octanol–water partition coefficient (Wildman–Crippen LogP) is 2.29. The maximum Gasteiger partial charge on any atom is 0.335 e. The third-order valence-corrected chi connectivity index (χ3v) is 5.47. The maximum atomic E-state index is 12.7. The van der Waals surface area contributed by atoms with E-state index in [4.69, 9.17) is 14.6 Å². The second-order valence-corrected chi connectivity index (χ2v) is 7.66. The van der Waals surface area contributed by atoms with E-state index in [1.54, 1.807) is 19.1 Å². The Balaban J connectivity index is 2.37. The molecule has 2 aromatic rings. The summed E-state index contributed by atoms with van der Waals surface area (Å²) in [5, 5.41) is 18.1. The largest absolute Gasteiger partial charge is 0.493 e. The maximum absolute atomic E-state index is 12.7. The number of nitrogens with one attached hydrogen (secondary N) is 1. The van der Waals surface area contributed by atoms with Gasteiger partial charge in [-0.1, -0.05) is 6.07 Å². The average molecular weight is 423 g/mol. The molecule has 0 spiro atoms. The smallest absolute Gasteiger partial charge is 0.335 e. The van der Waals surface area contributed by atoms with Crippen molar-refractivity contribution in [3.63, 3.8) is 0 Å². The van der Waals surface area contributed by atoms with Gasteiger partial charge in [-0.3, -0.25) is 4.79 Å². The van der Waals surface area contributed by atoms with Crippen LogP contribution >= 0.6 is 0 Å². The van der Waals surface area contributed by atoms with Gasteiger partial charge in [-0.05, 0) is 48.9 Å². The molecule has 2 aromatic carbocycles. The molecular formula is C19H21NO8S. The van der Waals surface area contributed by atoms with Crippen molar-refractivity contribution in [2.24, 2.45) is 0 Å². The van der Waals surface area contributed by atoms with Gasteiger partial charge in [0.1, 0.15) is 0 Å². The third-order valence-electron chi connectivity index (χ3n) is 3.98. The van der Waals surface area contributed by atoms with Gasteiger partial charge in [0.15, 0.2) is 11.5 Å². The summed E-state index contributed by atoms with van der Waals surface area (Å²) in [4.78, 5) is 22.0. The Hall–Kier alpha value is -3.11. The standard InChI is InChI=1S/C19H21NO8S/c1-3-28-16-9-6-13(10-17(16)27-2)15(11-18(21)22)20-29(25,26)14-7-4-12(5-8-14)19(23)24/h4-10,15,20H,3,11H2,1-2H3,(H,21,22)(H,23,24)/t15-/m1/s1. The van der Waals surface area contributed by atoms with Gasteiger partial charge in [0, 0.05) is 0 Å². The van der Waals surface area contributed by atoms with Gasteiger partial charge < -0.3 is 19.7 Å². The zero-order valence-corrected chi connectivity index (χ0v) is 16.6. The highest BCUT2D eigenvalue weighted by Crippen LogP contribution is 2.32. The Bertz CT molecular complexity index is 986. The topological polar surface area (TPSA) is 139 Å². The fourth-order valence-electron chi connectivity index (χ4n) is 2.61. The van der Waals surface area contributed by atoms with Crippen molar-refractivity contribution in [2.45, 2.75) is 24.3 Å². The number of methoxy groups -OCH3 is 1. The minimum Gasteiger partial charge on any atom is -0.493 e. The molecule has 1 atom stereocenters. The fraction of sp³-hybridized carbons (Fsp3) is 0.263. The van der Waals surface area contributed by atoms with Crippen molar-refractivity contribution in [2.75, 3.05) is 13.7 Å². The van der Waals surface area contributed by atoms with Crippen LogP contribution in [0, 0.1) is 0 Å². The first kappa shape index (κ1) is 22.2. The lowest BCUT2D eigenvalue weighted by Crippen LogP contribution is -2.30. The molecule has 29 heavy (non-hydrogen) atoms. The van der Waals surface area contributed by atoms with Gasteiger partial charge in [-0.25, -0.2) is 17.9 Å². The molecule has 0 heterocycles. The van der Waals surface area contributed by atoms with Gasteiger partial charge in [-0.2, -0.15) is 0 Å². The molecule has 0 aromatic heterocycles. The molecule has 0 aliphatic heterocycles. The Labute approximate surface area is 167 Å². The van der Waals surface area contributed by atoms with E-state index < -0.39 is 34.4 Å². The lowest BCUT2D eigenvalue weighted by Gasteiger charge is -2.19. The predicted molar refractivity (Wildman–Crippen MR) is 103 cm³/mol. The number of carbonyl (C=O) groups is 2. The number of aliphatic carboxylic acids is 1. The van der Waals surface area contributed by atoms with Crippen LogP contribution in [-0.2, 0) is 14.8 Å². The highest BCUT2D eigenvalue weighted by molar-refractivity contribution is 7.89. The molecule has 0 aliphatic carbocycles. The molecule has 0 aliphatic rings. The van der Waals surface area contributed by atoms with E-state index in [9.17, 15) is 23.1 Å². The van der Waals surface area contributed by atoms with Crippen LogP contribution < -0.4 is 14.2 Å². The van der Waals surface area contributed by atoms with E-state index in [2.05, 4.69) is 4.72 Å². The van der Waals surface area contributed by atoms with E-state index in [1.807, 2.05) is 0 Å². The molecule has 0 unspecified atom stereocenters. The average Bonchev–Trinajstić information content (AvgIpc) is 2.67. The molecule has 10 heteroatoms. The highest BCUT2D eigenvalue weighted by atomic mass is 32.2. The normalized spacial score (nSPS) is 12.2. The molecule has 9 nitrogen and oxygen atoms in total. The van der Waals surface area contributed by atoms with Crippen molar-refractivity contribution in [3.05, 3.63) is 53.6 Å². The molecule has 0 saturated carbocycles. The minimum atomic E-state index is -4.11. The van der Waals surface area contributed by atoms with Crippen LogP contribution in [-0.4, -0.2) is 44.3 Å². The number of rotatable bonds is 10. The quantitative estimate of drug-likeness (QED) is 0.529. The second kappa shape index (κ2) is 9.39. The number of carboxylic acid groups (broad SMARTS) is 2. The van der Waals surface area contributed by atoms with Crippen LogP contribution in [0.1, 0.15) is 35.3 Å². The van der Waals surface area contributed by atoms with Crippen molar-refractivity contribution < 1.29 is 37.7 Å². The summed E-state index contributed by atoms with van der Waals surface area (Å²) in [6, 6.07) is 8.15. The number of aromatic carboxylic acids is 1. The van der Waals surface area contributed by atoms with Gasteiger partial charge in [0.05, 0.1) is 36.6 Å². The molecule has 2 rings (SSSR count). The van der Waals surface area contributed by atoms with Gasteiger partial charge in [0.2, 0.25) is 10.0 Å². The summed E-state index contributed by atoms with van der Waals surface area (Å²) < 4.78 is 38.4. The first-order valence-corrected chi connectivity index (χ1v) is 10.0. The number of hydrogen-bond donors (Lipinski definition) is 3. The van der Waals surface area contributed by atoms with Crippen LogP contribution in [0.25, 0.3) is 0 Å². The Morgan fingerprint density at radius 2 is 1.72 bits per heavy atom. The molecule has 0 amide bonds.